The molecule has 0 saturated heterocycles. The molecular formula is C25H49O. The molecule has 0 heterocycles. The first-order valence-corrected chi connectivity index (χ1v) is 12.5. The minimum Gasteiger partial charge on any atom is -0.237 e. The van der Waals surface area contributed by atoms with Gasteiger partial charge in [0.1, 0.15) is 0 Å². The van der Waals surface area contributed by atoms with E-state index in [9.17, 15) is 5.11 Å². The summed E-state index contributed by atoms with van der Waals surface area (Å²) >= 11 is 0. The first-order chi connectivity index (χ1) is 12.9. The van der Waals surface area contributed by atoms with Crippen molar-refractivity contribution in [3.8, 4) is 0 Å². The fourth-order valence-electron chi connectivity index (χ4n) is 4.66. The summed E-state index contributed by atoms with van der Waals surface area (Å²) in [5.41, 5.74) is 0. The predicted octanol–water partition coefficient (Wildman–Crippen LogP) is 9.02. The molecule has 26 heavy (non-hydrogen) atoms. The summed E-state index contributed by atoms with van der Waals surface area (Å²) < 4.78 is 0. The molecule has 1 nitrogen and oxygen atoms in total. The SMILES string of the molecule is [O]CCCCCCCCCCCCCCCCCCCC1CCCCC1. The van der Waals surface area contributed by atoms with Crippen LogP contribution in [0, 0.1) is 5.92 Å². The number of hydrogen-bond donors (Lipinski definition) is 0. The number of unbranched alkanes of at least 4 members (excludes halogenated alkanes) is 16. The van der Waals surface area contributed by atoms with E-state index in [1.807, 2.05) is 0 Å². The van der Waals surface area contributed by atoms with Crippen LogP contribution in [0.3, 0.4) is 0 Å². The summed E-state index contributed by atoms with van der Waals surface area (Å²) in [6.45, 7) is 0.125. The van der Waals surface area contributed by atoms with Gasteiger partial charge in [-0.05, 0) is 12.3 Å². The smallest absolute Gasteiger partial charge is 0.0822 e. The molecular weight excluding hydrogens is 316 g/mol. The summed E-state index contributed by atoms with van der Waals surface area (Å²) in [6, 6.07) is 0. The van der Waals surface area contributed by atoms with Crippen LogP contribution in [0.5, 0.6) is 0 Å². The van der Waals surface area contributed by atoms with Gasteiger partial charge in [0.25, 0.3) is 0 Å². The van der Waals surface area contributed by atoms with E-state index in [2.05, 4.69) is 0 Å². The van der Waals surface area contributed by atoms with Crippen molar-refractivity contribution in [1.29, 1.82) is 0 Å². The minimum absolute atomic E-state index is 0.125. The lowest BCUT2D eigenvalue weighted by atomic mass is 9.85. The van der Waals surface area contributed by atoms with Crippen LogP contribution in [0.1, 0.15) is 148 Å². The van der Waals surface area contributed by atoms with E-state index in [1.165, 1.54) is 135 Å². The van der Waals surface area contributed by atoms with Gasteiger partial charge in [0.05, 0.1) is 6.61 Å². The highest BCUT2D eigenvalue weighted by atomic mass is 16.2. The van der Waals surface area contributed by atoms with Crippen molar-refractivity contribution in [2.75, 3.05) is 6.61 Å². The maximum atomic E-state index is 10.3. The molecule has 0 amide bonds. The fourth-order valence-corrected chi connectivity index (χ4v) is 4.66. The van der Waals surface area contributed by atoms with Gasteiger partial charge >= 0.3 is 0 Å². The molecule has 1 aliphatic rings. The van der Waals surface area contributed by atoms with Crippen LogP contribution in [0.25, 0.3) is 0 Å². The molecule has 1 rings (SSSR count). The van der Waals surface area contributed by atoms with Crippen molar-refractivity contribution in [3.63, 3.8) is 0 Å². The summed E-state index contributed by atoms with van der Waals surface area (Å²) in [5.74, 6) is 1.09. The monoisotopic (exact) mass is 365 g/mol. The van der Waals surface area contributed by atoms with Gasteiger partial charge in [-0.3, -0.25) is 0 Å². The first-order valence-electron chi connectivity index (χ1n) is 12.5. The van der Waals surface area contributed by atoms with Gasteiger partial charge in [-0.1, -0.05) is 141 Å². The summed E-state index contributed by atoms with van der Waals surface area (Å²) in [4.78, 5) is 0. The average Bonchev–Trinajstić information content (AvgIpc) is 2.68. The van der Waals surface area contributed by atoms with Gasteiger partial charge in [0, 0.05) is 0 Å². The Morgan fingerprint density at radius 1 is 0.423 bits per heavy atom. The van der Waals surface area contributed by atoms with E-state index >= 15 is 0 Å². The third-order valence-corrected chi connectivity index (χ3v) is 6.48. The highest BCUT2D eigenvalue weighted by Crippen LogP contribution is 2.28. The first kappa shape index (κ1) is 24.0. The van der Waals surface area contributed by atoms with Crippen LogP contribution >= 0.6 is 0 Å². The van der Waals surface area contributed by atoms with Gasteiger partial charge in [-0.15, -0.1) is 0 Å². The Labute approximate surface area is 165 Å². The zero-order chi connectivity index (χ0) is 18.5. The Bertz CT molecular complexity index is 257. The second kappa shape index (κ2) is 19.7. The van der Waals surface area contributed by atoms with Gasteiger partial charge in [-0.2, -0.15) is 0 Å². The molecule has 0 spiro atoms. The molecule has 1 aliphatic carbocycles. The van der Waals surface area contributed by atoms with Crippen LogP contribution in [0.4, 0.5) is 0 Å². The molecule has 0 N–H and O–H groups in total. The van der Waals surface area contributed by atoms with E-state index < -0.39 is 0 Å². The van der Waals surface area contributed by atoms with Crippen molar-refractivity contribution in [1.82, 2.24) is 0 Å². The van der Waals surface area contributed by atoms with Gasteiger partial charge in [0.15, 0.2) is 0 Å². The molecule has 0 aromatic heterocycles. The van der Waals surface area contributed by atoms with E-state index in [4.69, 9.17) is 0 Å². The normalized spacial score (nSPS) is 15.6. The van der Waals surface area contributed by atoms with E-state index in [-0.39, 0.29) is 6.61 Å². The van der Waals surface area contributed by atoms with E-state index in [0.717, 1.165) is 18.8 Å². The Kier molecular flexibility index (Phi) is 18.2. The van der Waals surface area contributed by atoms with Crippen LogP contribution in [-0.2, 0) is 5.11 Å². The third kappa shape index (κ3) is 16.2. The van der Waals surface area contributed by atoms with Gasteiger partial charge in [0.2, 0.25) is 0 Å². The lowest BCUT2D eigenvalue weighted by Gasteiger charge is -2.21. The zero-order valence-electron chi connectivity index (χ0n) is 18.0. The molecule has 0 bridgehead atoms. The summed E-state index contributed by atoms with van der Waals surface area (Å²) in [6.07, 6.45) is 32.8. The minimum atomic E-state index is 0.125. The molecule has 0 aromatic rings. The molecule has 155 valence electrons. The molecule has 1 saturated carbocycles. The average molecular weight is 366 g/mol. The standard InChI is InChI=1S/C25H49O/c26-24-20-15-13-11-9-7-5-3-1-2-4-6-8-10-12-14-17-21-25-22-18-16-19-23-25/h25H,1-24H2. The van der Waals surface area contributed by atoms with Crippen LogP contribution < -0.4 is 0 Å². The summed E-state index contributed by atoms with van der Waals surface area (Å²) in [5, 5.41) is 10.3. The lowest BCUT2D eigenvalue weighted by molar-refractivity contribution is 0.186. The Hall–Kier alpha value is -0.0400. The summed E-state index contributed by atoms with van der Waals surface area (Å²) in [7, 11) is 0. The molecule has 1 heteroatoms. The number of rotatable bonds is 19. The Morgan fingerprint density at radius 3 is 1.15 bits per heavy atom. The number of hydrogen-bond acceptors (Lipinski definition) is 0. The second-order valence-electron chi connectivity index (χ2n) is 9.01. The van der Waals surface area contributed by atoms with E-state index in [1.54, 1.807) is 0 Å². The topological polar surface area (TPSA) is 19.9 Å². The highest BCUT2D eigenvalue weighted by molar-refractivity contribution is 4.65. The maximum absolute atomic E-state index is 10.3. The van der Waals surface area contributed by atoms with Crippen LogP contribution in [0.2, 0.25) is 0 Å². The quantitative estimate of drug-likeness (QED) is 0.203. The Balaban J connectivity index is 1.65. The lowest BCUT2D eigenvalue weighted by Crippen LogP contribution is -2.05. The van der Waals surface area contributed by atoms with Crippen molar-refractivity contribution >= 4 is 0 Å². The largest absolute Gasteiger partial charge is 0.237 e. The van der Waals surface area contributed by atoms with Crippen LogP contribution in [0.15, 0.2) is 0 Å². The van der Waals surface area contributed by atoms with Crippen molar-refractivity contribution < 1.29 is 5.11 Å². The third-order valence-electron chi connectivity index (χ3n) is 6.48. The molecule has 0 atom stereocenters. The van der Waals surface area contributed by atoms with Crippen molar-refractivity contribution in [2.24, 2.45) is 5.92 Å². The molecule has 0 aliphatic heterocycles. The van der Waals surface area contributed by atoms with Crippen molar-refractivity contribution in [3.05, 3.63) is 0 Å². The fraction of sp³-hybridized carbons (Fsp3) is 1.00. The highest BCUT2D eigenvalue weighted by Gasteiger charge is 2.12. The van der Waals surface area contributed by atoms with E-state index in [0.29, 0.717) is 0 Å². The Morgan fingerprint density at radius 2 is 0.769 bits per heavy atom. The van der Waals surface area contributed by atoms with Crippen molar-refractivity contribution in [2.45, 2.75) is 148 Å². The molecule has 1 fully saturated rings. The van der Waals surface area contributed by atoms with Crippen LogP contribution in [-0.4, -0.2) is 6.61 Å². The molecule has 0 aromatic carbocycles. The van der Waals surface area contributed by atoms with Gasteiger partial charge < -0.3 is 0 Å². The zero-order valence-corrected chi connectivity index (χ0v) is 18.0. The molecule has 0 unspecified atom stereocenters. The van der Waals surface area contributed by atoms with Gasteiger partial charge in [-0.25, -0.2) is 5.11 Å². The maximum Gasteiger partial charge on any atom is 0.0822 e. The second-order valence-corrected chi connectivity index (χ2v) is 9.01. The predicted molar refractivity (Wildman–Crippen MR) is 115 cm³/mol. The molecule has 1 radical (unpaired) electrons.